The summed E-state index contributed by atoms with van der Waals surface area (Å²) in [5, 5.41) is 3.32. The number of aryl methyl sites for hydroxylation is 1. The molecule has 15 heavy (non-hydrogen) atoms. The van der Waals surface area contributed by atoms with Crippen molar-refractivity contribution in [2.75, 3.05) is 18.8 Å². The monoisotopic (exact) mass is 221 g/mol. The summed E-state index contributed by atoms with van der Waals surface area (Å²) >= 11 is 2.06. The van der Waals surface area contributed by atoms with Gasteiger partial charge in [0.15, 0.2) is 0 Å². The lowest BCUT2D eigenvalue weighted by Gasteiger charge is -2.26. The molecule has 1 aliphatic rings. The fourth-order valence-electron chi connectivity index (χ4n) is 1.79. The van der Waals surface area contributed by atoms with Gasteiger partial charge in [-0.05, 0) is 43.7 Å². The Morgan fingerprint density at radius 2 is 2.27 bits per heavy atom. The quantitative estimate of drug-likeness (QED) is 0.767. The van der Waals surface area contributed by atoms with Crippen molar-refractivity contribution in [2.24, 2.45) is 5.92 Å². The zero-order valence-electron chi connectivity index (χ0n) is 9.33. The Morgan fingerprint density at radius 3 is 2.93 bits per heavy atom. The average Bonchev–Trinajstić information content (AvgIpc) is 2.15. The van der Waals surface area contributed by atoms with Crippen LogP contribution < -0.4 is 5.32 Å². The number of rotatable bonds is 5. The molecule has 2 heteroatoms. The van der Waals surface area contributed by atoms with Crippen LogP contribution in [0.15, 0.2) is 24.3 Å². The van der Waals surface area contributed by atoms with Gasteiger partial charge in [0.2, 0.25) is 0 Å². The Morgan fingerprint density at radius 1 is 1.40 bits per heavy atom. The van der Waals surface area contributed by atoms with Crippen LogP contribution in [0.1, 0.15) is 17.5 Å². The Labute approximate surface area is 96.7 Å². The molecule has 0 bridgehead atoms. The number of benzene rings is 1. The lowest BCUT2D eigenvalue weighted by atomic mass is 10.0. The summed E-state index contributed by atoms with van der Waals surface area (Å²) < 4.78 is 0. The molecule has 0 atom stereocenters. The minimum Gasteiger partial charge on any atom is -0.316 e. The van der Waals surface area contributed by atoms with Crippen molar-refractivity contribution in [1.29, 1.82) is 0 Å². The van der Waals surface area contributed by atoms with Gasteiger partial charge in [0.05, 0.1) is 0 Å². The maximum Gasteiger partial charge on any atom is 0.0184 e. The van der Waals surface area contributed by atoms with Crippen LogP contribution in [0.4, 0.5) is 0 Å². The van der Waals surface area contributed by atoms with E-state index in [1.54, 1.807) is 0 Å². The molecule has 0 saturated carbocycles. The van der Waals surface area contributed by atoms with Crippen LogP contribution >= 0.6 is 11.8 Å². The van der Waals surface area contributed by atoms with Gasteiger partial charge >= 0.3 is 0 Å². The number of nitrogens with one attached hydrogen (secondary N) is 1. The molecule has 0 spiro atoms. The maximum atomic E-state index is 3.32. The summed E-state index contributed by atoms with van der Waals surface area (Å²) in [6.45, 7) is 4.64. The molecule has 0 aromatic heterocycles. The van der Waals surface area contributed by atoms with E-state index in [-0.39, 0.29) is 0 Å². The fourth-order valence-corrected chi connectivity index (χ4v) is 2.85. The van der Waals surface area contributed by atoms with Crippen LogP contribution in [0.2, 0.25) is 0 Å². The van der Waals surface area contributed by atoms with Crippen molar-refractivity contribution in [3.05, 3.63) is 35.4 Å². The van der Waals surface area contributed by atoms with E-state index in [1.807, 2.05) is 0 Å². The third-order valence-electron chi connectivity index (χ3n) is 2.89. The minimum absolute atomic E-state index is 0.954. The van der Waals surface area contributed by atoms with Crippen molar-refractivity contribution in [1.82, 2.24) is 5.32 Å². The van der Waals surface area contributed by atoms with Gasteiger partial charge in [-0.15, -0.1) is 0 Å². The Kier molecular flexibility index (Phi) is 4.09. The normalized spacial score (nSPS) is 16.3. The highest BCUT2D eigenvalue weighted by molar-refractivity contribution is 7.98. The van der Waals surface area contributed by atoms with Crippen molar-refractivity contribution in [3.63, 3.8) is 0 Å². The zero-order chi connectivity index (χ0) is 10.5. The highest BCUT2D eigenvalue weighted by atomic mass is 32.2. The SMILES string of the molecule is Cc1cccc(CSCCC2CNC2)c1. The van der Waals surface area contributed by atoms with Gasteiger partial charge in [-0.1, -0.05) is 29.8 Å². The summed E-state index contributed by atoms with van der Waals surface area (Å²) in [6, 6.07) is 8.83. The predicted molar refractivity (Wildman–Crippen MR) is 68.3 cm³/mol. The minimum atomic E-state index is 0.954. The number of hydrogen-bond acceptors (Lipinski definition) is 2. The van der Waals surface area contributed by atoms with E-state index >= 15 is 0 Å². The molecule has 0 amide bonds. The van der Waals surface area contributed by atoms with Gasteiger partial charge in [0.1, 0.15) is 0 Å². The summed E-state index contributed by atoms with van der Waals surface area (Å²) in [5.41, 5.74) is 2.84. The maximum absolute atomic E-state index is 3.32. The first-order valence-corrected chi connectivity index (χ1v) is 6.84. The van der Waals surface area contributed by atoms with E-state index < -0.39 is 0 Å². The van der Waals surface area contributed by atoms with Crippen molar-refractivity contribution < 1.29 is 0 Å². The van der Waals surface area contributed by atoms with E-state index in [0.717, 1.165) is 5.92 Å². The van der Waals surface area contributed by atoms with Crippen LogP contribution in [0.3, 0.4) is 0 Å². The summed E-state index contributed by atoms with van der Waals surface area (Å²) in [4.78, 5) is 0. The molecule has 1 aromatic carbocycles. The van der Waals surface area contributed by atoms with E-state index in [1.165, 1.54) is 42.1 Å². The van der Waals surface area contributed by atoms with Crippen LogP contribution in [-0.4, -0.2) is 18.8 Å². The van der Waals surface area contributed by atoms with E-state index in [0.29, 0.717) is 0 Å². The van der Waals surface area contributed by atoms with Gasteiger partial charge in [0.25, 0.3) is 0 Å². The van der Waals surface area contributed by atoms with Crippen LogP contribution in [0, 0.1) is 12.8 Å². The molecule has 1 heterocycles. The highest BCUT2D eigenvalue weighted by Crippen LogP contribution is 2.17. The number of thioether (sulfide) groups is 1. The Bertz CT molecular complexity index is 307. The lowest BCUT2D eigenvalue weighted by molar-refractivity contribution is 0.341. The molecule has 82 valence electrons. The fraction of sp³-hybridized carbons (Fsp3) is 0.538. The van der Waals surface area contributed by atoms with Gasteiger partial charge in [-0.2, -0.15) is 11.8 Å². The third-order valence-corrected chi connectivity index (χ3v) is 3.95. The van der Waals surface area contributed by atoms with Gasteiger partial charge in [-0.3, -0.25) is 0 Å². The molecule has 1 saturated heterocycles. The largest absolute Gasteiger partial charge is 0.316 e. The van der Waals surface area contributed by atoms with Crippen LogP contribution in [0.5, 0.6) is 0 Å². The molecular formula is C13H19NS. The van der Waals surface area contributed by atoms with Crippen LogP contribution in [-0.2, 0) is 5.75 Å². The van der Waals surface area contributed by atoms with E-state index in [4.69, 9.17) is 0 Å². The first-order valence-electron chi connectivity index (χ1n) is 5.68. The molecule has 1 aromatic rings. The predicted octanol–water partition coefficient (Wildman–Crippen LogP) is 2.84. The lowest BCUT2D eigenvalue weighted by Crippen LogP contribution is -2.42. The van der Waals surface area contributed by atoms with Gasteiger partial charge < -0.3 is 5.32 Å². The van der Waals surface area contributed by atoms with Gasteiger partial charge in [-0.25, -0.2) is 0 Å². The van der Waals surface area contributed by atoms with Crippen molar-refractivity contribution >= 4 is 11.8 Å². The number of hydrogen-bond donors (Lipinski definition) is 1. The van der Waals surface area contributed by atoms with E-state index in [9.17, 15) is 0 Å². The van der Waals surface area contributed by atoms with Gasteiger partial charge in [0, 0.05) is 5.75 Å². The summed E-state index contributed by atoms with van der Waals surface area (Å²) in [5.74, 6) is 3.43. The first-order chi connectivity index (χ1) is 7.34. The molecule has 1 aliphatic heterocycles. The van der Waals surface area contributed by atoms with Crippen LogP contribution in [0.25, 0.3) is 0 Å². The first kappa shape index (κ1) is 11.0. The molecule has 1 fully saturated rings. The van der Waals surface area contributed by atoms with E-state index in [2.05, 4.69) is 48.3 Å². The molecule has 1 nitrogen and oxygen atoms in total. The molecular weight excluding hydrogens is 202 g/mol. The second-order valence-corrected chi connectivity index (χ2v) is 5.46. The molecule has 0 unspecified atom stereocenters. The Balaban J connectivity index is 1.64. The summed E-state index contributed by atoms with van der Waals surface area (Å²) in [7, 11) is 0. The van der Waals surface area contributed by atoms with Crippen molar-refractivity contribution in [2.45, 2.75) is 19.1 Å². The smallest absolute Gasteiger partial charge is 0.0184 e. The average molecular weight is 221 g/mol. The zero-order valence-corrected chi connectivity index (χ0v) is 10.1. The topological polar surface area (TPSA) is 12.0 Å². The standard InChI is InChI=1S/C13H19NS/c1-11-3-2-4-12(7-11)10-15-6-5-13-8-14-9-13/h2-4,7,13-14H,5-6,8-10H2,1H3. The second kappa shape index (κ2) is 5.57. The second-order valence-electron chi connectivity index (χ2n) is 4.35. The van der Waals surface area contributed by atoms with Crippen molar-refractivity contribution in [3.8, 4) is 0 Å². The highest BCUT2D eigenvalue weighted by Gasteiger charge is 2.15. The molecule has 0 aliphatic carbocycles. The molecule has 1 N–H and O–H groups in total. The Hall–Kier alpha value is -0.470. The molecule has 2 rings (SSSR count). The summed E-state index contributed by atoms with van der Waals surface area (Å²) in [6.07, 6.45) is 1.38. The molecule has 0 radical (unpaired) electrons. The third kappa shape index (κ3) is 3.54.